The summed E-state index contributed by atoms with van der Waals surface area (Å²) in [5.41, 5.74) is 0. The largest absolute Gasteiger partial charge is 0.432 e. The second-order valence-corrected chi connectivity index (χ2v) is 6.97. The second-order valence-electron chi connectivity index (χ2n) is 5.97. The predicted molar refractivity (Wildman–Crippen MR) is 89.0 cm³/mol. The molecular formula is C16H32O6S. The van der Waals surface area contributed by atoms with Crippen LogP contribution in [0.2, 0.25) is 0 Å². The standard InChI is InChI=1S/C16H32O6S/c1-3-5-6-7-8-9-10-11-12-13-14-15(4-2)16(17)21-22-23(18,19)20/h15H,3-14H2,1-2H3,(H,18,19,20). The van der Waals surface area contributed by atoms with Gasteiger partial charge in [-0.05, 0) is 17.2 Å². The fourth-order valence-electron chi connectivity index (χ4n) is 2.51. The summed E-state index contributed by atoms with van der Waals surface area (Å²) < 4.78 is 32.7. The zero-order valence-corrected chi connectivity index (χ0v) is 15.3. The number of hydrogen-bond acceptors (Lipinski definition) is 5. The van der Waals surface area contributed by atoms with E-state index < -0.39 is 22.3 Å². The molecule has 0 heterocycles. The molecule has 0 aromatic heterocycles. The summed E-state index contributed by atoms with van der Waals surface area (Å²) in [5.74, 6) is -1.15. The molecule has 0 spiro atoms. The minimum atomic E-state index is -4.75. The number of rotatable bonds is 15. The molecule has 0 aliphatic rings. The van der Waals surface area contributed by atoms with Crippen LogP contribution in [-0.2, 0) is 24.4 Å². The average molecular weight is 352 g/mol. The first-order valence-electron chi connectivity index (χ1n) is 8.78. The maximum Gasteiger partial charge on any atom is 0.432 e. The second kappa shape index (κ2) is 13.7. The summed E-state index contributed by atoms with van der Waals surface area (Å²) in [6, 6.07) is 0. The molecule has 6 nitrogen and oxygen atoms in total. The van der Waals surface area contributed by atoms with Crippen molar-refractivity contribution in [3.63, 3.8) is 0 Å². The van der Waals surface area contributed by atoms with E-state index in [0.717, 1.165) is 19.3 Å². The van der Waals surface area contributed by atoms with Crippen LogP contribution in [0.25, 0.3) is 0 Å². The summed E-state index contributed by atoms with van der Waals surface area (Å²) >= 11 is 0. The van der Waals surface area contributed by atoms with Gasteiger partial charge in [0.1, 0.15) is 0 Å². The van der Waals surface area contributed by atoms with E-state index in [1.165, 1.54) is 44.9 Å². The Kier molecular flexibility index (Phi) is 13.4. The van der Waals surface area contributed by atoms with E-state index in [1.54, 1.807) is 0 Å². The monoisotopic (exact) mass is 352 g/mol. The van der Waals surface area contributed by atoms with Crippen molar-refractivity contribution in [2.24, 2.45) is 5.92 Å². The lowest BCUT2D eigenvalue weighted by Crippen LogP contribution is -2.19. The van der Waals surface area contributed by atoms with Crippen LogP contribution in [0.5, 0.6) is 0 Å². The quantitative estimate of drug-likeness (QED) is 0.200. The molecule has 1 atom stereocenters. The topological polar surface area (TPSA) is 89.9 Å². The van der Waals surface area contributed by atoms with E-state index in [1.807, 2.05) is 6.92 Å². The zero-order valence-electron chi connectivity index (χ0n) is 14.5. The molecule has 138 valence electrons. The van der Waals surface area contributed by atoms with E-state index >= 15 is 0 Å². The van der Waals surface area contributed by atoms with Crippen LogP contribution in [0.1, 0.15) is 90.9 Å². The van der Waals surface area contributed by atoms with Gasteiger partial charge in [-0.3, -0.25) is 9.44 Å². The highest BCUT2D eigenvalue weighted by Gasteiger charge is 2.21. The van der Waals surface area contributed by atoms with E-state index in [-0.39, 0.29) is 0 Å². The average Bonchev–Trinajstić information content (AvgIpc) is 2.50. The molecular weight excluding hydrogens is 320 g/mol. The van der Waals surface area contributed by atoms with Gasteiger partial charge in [-0.1, -0.05) is 78.1 Å². The van der Waals surface area contributed by atoms with Crippen molar-refractivity contribution in [1.29, 1.82) is 0 Å². The molecule has 0 saturated heterocycles. The molecule has 0 aromatic carbocycles. The molecule has 0 aliphatic carbocycles. The number of carbonyl (C=O) groups excluding carboxylic acids is 1. The third-order valence-corrected chi connectivity index (χ3v) is 4.17. The van der Waals surface area contributed by atoms with Gasteiger partial charge in [0.15, 0.2) is 0 Å². The molecule has 0 saturated carbocycles. The van der Waals surface area contributed by atoms with E-state index in [2.05, 4.69) is 16.1 Å². The lowest BCUT2D eigenvalue weighted by molar-refractivity contribution is -0.220. The molecule has 23 heavy (non-hydrogen) atoms. The van der Waals surface area contributed by atoms with Gasteiger partial charge in [0, 0.05) is 0 Å². The summed E-state index contributed by atoms with van der Waals surface area (Å²) in [5, 5.41) is 0. The predicted octanol–water partition coefficient (Wildman–Crippen LogP) is 4.60. The zero-order chi connectivity index (χ0) is 17.6. The SMILES string of the molecule is CCCCCCCCCCCCC(CC)C(=O)OOS(=O)(=O)O. The lowest BCUT2D eigenvalue weighted by atomic mass is 9.98. The van der Waals surface area contributed by atoms with Crippen LogP contribution in [-0.4, -0.2) is 18.9 Å². The van der Waals surface area contributed by atoms with Crippen molar-refractivity contribution in [3.8, 4) is 0 Å². The van der Waals surface area contributed by atoms with Gasteiger partial charge in [-0.25, -0.2) is 4.79 Å². The van der Waals surface area contributed by atoms with Crippen molar-refractivity contribution in [3.05, 3.63) is 0 Å². The van der Waals surface area contributed by atoms with Crippen molar-refractivity contribution >= 4 is 16.4 Å². The first kappa shape index (κ1) is 22.3. The summed E-state index contributed by atoms with van der Waals surface area (Å²) in [7, 11) is -4.75. The van der Waals surface area contributed by atoms with Gasteiger partial charge in [-0.15, -0.1) is 0 Å². The van der Waals surface area contributed by atoms with Crippen molar-refractivity contribution in [1.82, 2.24) is 0 Å². The molecule has 0 bridgehead atoms. The van der Waals surface area contributed by atoms with Gasteiger partial charge >= 0.3 is 16.4 Å². The minimum Gasteiger partial charge on any atom is -0.280 e. The summed E-state index contributed by atoms with van der Waals surface area (Å²) in [6.07, 6.45) is 13.3. The highest BCUT2D eigenvalue weighted by atomic mass is 32.3. The minimum absolute atomic E-state index is 0.397. The Morgan fingerprint density at radius 1 is 0.913 bits per heavy atom. The molecule has 1 N–H and O–H groups in total. The maximum absolute atomic E-state index is 11.6. The third-order valence-electron chi connectivity index (χ3n) is 3.93. The Bertz CT molecular complexity index is 393. The van der Waals surface area contributed by atoms with Crippen molar-refractivity contribution in [2.75, 3.05) is 0 Å². The number of carbonyl (C=O) groups is 1. The van der Waals surface area contributed by atoms with Crippen LogP contribution in [0.3, 0.4) is 0 Å². The Labute approximate surface area is 140 Å². The molecule has 0 rings (SSSR count). The van der Waals surface area contributed by atoms with Gasteiger partial charge in [0.2, 0.25) is 0 Å². The van der Waals surface area contributed by atoms with E-state index in [4.69, 9.17) is 4.55 Å². The number of hydrogen-bond donors (Lipinski definition) is 1. The van der Waals surface area contributed by atoms with Crippen LogP contribution in [0, 0.1) is 5.92 Å². The normalized spacial score (nSPS) is 13.0. The van der Waals surface area contributed by atoms with E-state index in [0.29, 0.717) is 12.8 Å². The van der Waals surface area contributed by atoms with Crippen molar-refractivity contribution in [2.45, 2.75) is 90.9 Å². The smallest absolute Gasteiger partial charge is 0.280 e. The summed E-state index contributed by atoms with van der Waals surface area (Å²) in [6.45, 7) is 4.05. The Balaban J connectivity index is 3.62. The molecule has 0 amide bonds. The third kappa shape index (κ3) is 14.7. The van der Waals surface area contributed by atoms with Crippen LogP contribution in [0.15, 0.2) is 0 Å². The van der Waals surface area contributed by atoms with Crippen LogP contribution in [0.4, 0.5) is 0 Å². The first-order chi connectivity index (χ1) is 10.9. The van der Waals surface area contributed by atoms with Gasteiger partial charge in [0.25, 0.3) is 0 Å². The van der Waals surface area contributed by atoms with Crippen LogP contribution < -0.4 is 0 Å². The van der Waals surface area contributed by atoms with Gasteiger partial charge in [-0.2, -0.15) is 8.42 Å². The highest BCUT2D eigenvalue weighted by molar-refractivity contribution is 7.80. The lowest BCUT2D eigenvalue weighted by Gasteiger charge is -2.11. The highest BCUT2D eigenvalue weighted by Crippen LogP contribution is 2.17. The Hall–Kier alpha value is -0.660. The summed E-state index contributed by atoms with van der Waals surface area (Å²) in [4.78, 5) is 15.7. The fraction of sp³-hybridized carbons (Fsp3) is 0.938. The van der Waals surface area contributed by atoms with Gasteiger partial charge < -0.3 is 0 Å². The van der Waals surface area contributed by atoms with Gasteiger partial charge in [0.05, 0.1) is 5.92 Å². The molecule has 0 aliphatic heterocycles. The molecule has 0 radical (unpaired) electrons. The molecule has 7 heteroatoms. The Morgan fingerprint density at radius 3 is 1.83 bits per heavy atom. The fourth-order valence-corrected chi connectivity index (χ4v) is 2.66. The maximum atomic E-state index is 11.6. The molecule has 0 fully saturated rings. The van der Waals surface area contributed by atoms with Crippen LogP contribution >= 0.6 is 0 Å². The van der Waals surface area contributed by atoms with Crippen molar-refractivity contribution < 1.29 is 27.0 Å². The first-order valence-corrected chi connectivity index (χ1v) is 10.1. The Morgan fingerprint density at radius 2 is 1.39 bits per heavy atom. The molecule has 0 aromatic rings. The number of unbranched alkanes of at least 4 members (excludes halogenated alkanes) is 9. The molecule has 1 unspecified atom stereocenters. The van der Waals surface area contributed by atoms with E-state index in [9.17, 15) is 13.2 Å².